The lowest BCUT2D eigenvalue weighted by atomic mass is 10.0. The van der Waals surface area contributed by atoms with E-state index < -0.39 is 0 Å². The molecule has 1 aromatic heterocycles. The molecular weight excluding hydrogens is 364 g/mol. The van der Waals surface area contributed by atoms with Gasteiger partial charge in [-0.2, -0.15) is 0 Å². The van der Waals surface area contributed by atoms with Crippen LogP contribution in [0.1, 0.15) is 32.8 Å². The number of aryl methyl sites for hydroxylation is 1. The fourth-order valence-electron chi connectivity index (χ4n) is 1.74. The lowest BCUT2D eigenvalue weighted by Crippen LogP contribution is -2.43. The van der Waals surface area contributed by atoms with E-state index in [0.29, 0.717) is 15.9 Å². The summed E-state index contributed by atoms with van der Waals surface area (Å²) in [6.45, 7) is 8.02. The molecule has 24 heavy (non-hydrogen) atoms. The summed E-state index contributed by atoms with van der Waals surface area (Å²) in [6.07, 6.45) is 0.884. The molecule has 0 aliphatic heterocycles. The topological polar surface area (TPSA) is 66.9 Å². The summed E-state index contributed by atoms with van der Waals surface area (Å²) in [5.41, 5.74) is 1.70. The van der Waals surface area contributed by atoms with Gasteiger partial charge in [0.25, 0.3) is 0 Å². The van der Waals surface area contributed by atoms with E-state index in [1.54, 1.807) is 0 Å². The highest BCUT2D eigenvalue weighted by Crippen LogP contribution is 2.29. The predicted molar refractivity (Wildman–Crippen MR) is 103 cm³/mol. The van der Waals surface area contributed by atoms with E-state index in [9.17, 15) is 4.79 Å². The summed E-state index contributed by atoms with van der Waals surface area (Å²) in [5.74, 6) is 0.330. The monoisotopic (exact) mass is 384 g/mol. The van der Waals surface area contributed by atoms with Crippen LogP contribution in [0, 0.1) is 6.92 Å². The molecule has 0 atom stereocenters. The summed E-state index contributed by atoms with van der Waals surface area (Å²) < 4.78 is 0.750. The first-order chi connectivity index (χ1) is 11.3. The van der Waals surface area contributed by atoms with Crippen LogP contribution in [0.5, 0.6) is 0 Å². The lowest BCUT2D eigenvalue weighted by Gasteiger charge is -2.24. The van der Waals surface area contributed by atoms with E-state index in [0.717, 1.165) is 22.0 Å². The van der Waals surface area contributed by atoms with Crippen LogP contribution in [-0.4, -0.2) is 27.4 Å². The average molecular weight is 385 g/mol. The molecule has 0 spiro atoms. The Morgan fingerprint density at radius 1 is 1.38 bits per heavy atom. The minimum absolute atomic E-state index is 0.00174. The Kier molecular flexibility index (Phi) is 6.48. The minimum Gasteiger partial charge on any atom is -0.351 e. The van der Waals surface area contributed by atoms with Crippen LogP contribution in [0.2, 0.25) is 5.02 Å². The number of thioether (sulfide) groups is 1. The zero-order valence-corrected chi connectivity index (χ0v) is 16.5. The first-order valence-corrected chi connectivity index (χ1v) is 9.77. The third kappa shape index (κ3) is 5.65. The maximum Gasteiger partial charge on any atom is 0.230 e. The van der Waals surface area contributed by atoms with Crippen molar-refractivity contribution in [2.24, 2.45) is 0 Å². The van der Waals surface area contributed by atoms with Gasteiger partial charge >= 0.3 is 0 Å². The number of anilines is 2. The standard InChI is InChI=1S/C16H21ClN4OS2/c1-5-16(3,4)19-13(22)9-23-15-21-20-14(24-15)18-11-7-6-10(2)12(17)8-11/h6-8H,5,9H2,1-4H3,(H,18,20)(H,19,22). The quantitative estimate of drug-likeness (QED) is 0.680. The third-order valence-corrected chi connectivity index (χ3v) is 5.90. The van der Waals surface area contributed by atoms with Crippen LogP contribution in [0.4, 0.5) is 10.8 Å². The Hall–Kier alpha value is -1.31. The molecule has 130 valence electrons. The number of nitrogens with zero attached hydrogens (tertiary/aromatic N) is 2. The van der Waals surface area contributed by atoms with Gasteiger partial charge in [0.05, 0.1) is 5.75 Å². The van der Waals surface area contributed by atoms with E-state index in [4.69, 9.17) is 11.6 Å². The molecule has 0 aliphatic carbocycles. The number of amides is 1. The van der Waals surface area contributed by atoms with Crippen LogP contribution in [0.15, 0.2) is 22.5 Å². The van der Waals surface area contributed by atoms with Gasteiger partial charge in [-0.15, -0.1) is 10.2 Å². The number of nitrogens with one attached hydrogen (secondary N) is 2. The van der Waals surface area contributed by atoms with Crippen molar-refractivity contribution in [2.45, 2.75) is 44.0 Å². The van der Waals surface area contributed by atoms with E-state index in [2.05, 4.69) is 20.8 Å². The molecule has 0 bridgehead atoms. The SMILES string of the molecule is CCC(C)(C)NC(=O)CSc1nnc(Nc2ccc(C)c(Cl)c2)s1. The van der Waals surface area contributed by atoms with Crippen molar-refractivity contribution < 1.29 is 4.79 Å². The molecule has 1 amide bonds. The lowest BCUT2D eigenvalue weighted by molar-refractivity contribution is -0.120. The summed E-state index contributed by atoms with van der Waals surface area (Å²) >= 11 is 8.91. The van der Waals surface area contributed by atoms with Gasteiger partial charge in [0.1, 0.15) is 0 Å². The highest BCUT2D eigenvalue weighted by Gasteiger charge is 2.18. The van der Waals surface area contributed by atoms with Crippen molar-refractivity contribution in [3.63, 3.8) is 0 Å². The molecule has 1 heterocycles. The second kappa shape index (κ2) is 8.18. The van der Waals surface area contributed by atoms with Crippen molar-refractivity contribution in [1.82, 2.24) is 15.5 Å². The van der Waals surface area contributed by atoms with Gasteiger partial charge in [-0.25, -0.2) is 0 Å². The van der Waals surface area contributed by atoms with E-state index >= 15 is 0 Å². The Labute approximate surface area is 155 Å². The van der Waals surface area contributed by atoms with Crippen molar-refractivity contribution >= 4 is 51.4 Å². The Balaban J connectivity index is 1.89. The molecule has 5 nitrogen and oxygen atoms in total. The summed E-state index contributed by atoms with van der Waals surface area (Å²) in [6, 6.07) is 5.74. The van der Waals surface area contributed by atoms with Crippen molar-refractivity contribution in [1.29, 1.82) is 0 Å². The Morgan fingerprint density at radius 3 is 2.79 bits per heavy atom. The normalized spacial score (nSPS) is 11.4. The smallest absolute Gasteiger partial charge is 0.230 e. The fraction of sp³-hybridized carbons (Fsp3) is 0.438. The van der Waals surface area contributed by atoms with Crippen molar-refractivity contribution in [3.05, 3.63) is 28.8 Å². The number of rotatable bonds is 7. The molecule has 1 aromatic carbocycles. The first-order valence-electron chi connectivity index (χ1n) is 7.59. The number of benzene rings is 1. The number of hydrogen-bond acceptors (Lipinski definition) is 6. The molecule has 2 aromatic rings. The summed E-state index contributed by atoms with van der Waals surface area (Å²) in [7, 11) is 0. The zero-order chi connectivity index (χ0) is 17.7. The van der Waals surface area contributed by atoms with Gasteiger partial charge < -0.3 is 10.6 Å². The summed E-state index contributed by atoms with van der Waals surface area (Å²) in [4.78, 5) is 12.0. The fourth-order valence-corrected chi connectivity index (χ4v) is 3.49. The molecule has 0 radical (unpaired) electrons. The number of carbonyl (C=O) groups is 1. The van der Waals surface area contributed by atoms with E-state index in [-0.39, 0.29) is 11.4 Å². The van der Waals surface area contributed by atoms with Crippen molar-refractivity contribution in [3.8, 4) is 0 Å². The predicted octanol–water partition coefficient (Wildman–Crippen LogP) is 4.64. The highest BCUT2D eigenvalue weighted by atomic mass is 35.5. The number of aromatic nitrogens is 2. The number of halogens is 1. The Bertz CT molecular complexity index is 718. The van der Waals surface area contributed by atoms with Crippen LogP contribution < -0.4 is 10.6 Å². The van der Waals surface area contributed by atoms with Crippen LogP contribution in [0.25, 0.3) is 0 Å². The van der Waals surface area contributed by atoms with Gasteiger partial charge in [0.15, 0.2) is 4.34 Å². The Morgan fingerprint density at radius 2 is 2.12 bits per heavy atom. The molecular formula is C16H21ClN4OS2. The number of hydrogen-bond donors (Lipinski definition) is 2. The second-order valence-corrected chi connectivity index (χ2v) is 8.64. The maximum absolute atomic E-state index is 12.0. The zero-order valence-electron chi connectivity index (χ0n) is 14.1. The largest absolute Gasteiger partial charge is 0.351 e. The molecule has 0 aliphatic rings. The first kappa shape index (κ1) is 19.0. The van der Waals surface area contributed by atoms with Crippen LogP contribution >= 0.6 is 34.7 Å². The molecule has 8 heteroatoms. The second-order valence-electron chi connectivity index (χ2n) is 6.04. The summed E-state index contributed by atoms with van der Waals surface area (Å²) in [5, 5.41) is 15.7. The van der Waals surface area contributed by atoms with Crippen molar-refractivity contribution in [2.75, 3.05) is 11.1 Å². The van der Waals surface area contributed by atoms with E-state index in [1.165, 1.54) is 23.1 Å². The maximum atomic E-state index is 12.0. The molecule has 0 fully saturated rings. The van der Waals surface area contributed by atoms with Gasteiger partial charge in [0, 0.05) is 16.2 Å². The van der Waals surface area contributed by atoms with Crippen LogP contribution in [0.3, 0.4) is 0 Å². The van der Waals surface area contributed by atoms with E-state index in [1.807, 2.05) is 45.9 Å². The van der Waals surface area contributed by atoms with Gasteiger partial charge in [-0.3, -0.25) is 4.79 Å². The average Bonchev–Trinajstić information content (AvgIpc) is 2.96. The van der Waals surface area contributed by atoms with Gasteiger partial charge in [0.2, 0.25) is 11.0 Å². The highest BCUT2D eigenvalue weighted by molar-refractivity contribution is 8.01. The molecule has 2 N–H and O–H groups in total. The minimum atomic E-state index is -0.184. The molecule has 0 saturated carbocycles. The molecule has 0 unspecified atom stereocenters. The van der Waals surface area contributed by atoms with Gasteiger partial charge in [-0.05, 0) is 44.9 Å². The van der Waals surface area contributed by atoms with Crippen LogP contribution in [-0.2, 0) is 4.79 Å². The molecule has 0 saturated heterocycles. The molecule has 2 rings (SSSR count). The number of carbonyl (C=O) groups excluding carboxylic acids is 1. The van der Waals surface area contributed by atoms with Gasteiger partial charge in [-0.1, -0.05) is 47.7 Å². The third-order valence-electron chi connectivity index (χ3n) is 3.52.